The molecule has 0 unspecified atom stereocenters. The van der Waals surface area contributed by atoms with Crippen LogP contribution in [0.4, 0.5) is 0 Å². The van der Waals surface area contributed by atoms with Crippen molar-refractivity contribution in [3.63, 3.8) is 0 Å². The van der Waals surface area contributed by atoms with Crippen LogP contribution in [0.25, 0.3) is 0 Å². The Labute approximate surface area is 163 Å². The van der Waals surface area contributed by atoms with E-state index in [0.717, 1.165) is 12.1 Å². The van der Waals surface area contributed by atoms with Crippen molar-refractivity contribution in [1.82, 2.24) is 4.90 Å². The van der Waals surface area contributed by atoms with E-state index >= 15 is 0 Å². The van der Waals surface area contributed by atoms with Gasteiger partial charge in [-0.1, -0.05) is 48.2 Å². The fraction of sp³-hybridized carbons (Fsp3) is 0.304. The van der Waals surface area contributed by atoms with E-state index in [1.807, 2.05) is 31.3 Å². The smallest absolute Gasteiger partial charge is 0.206 e. The summed E-state index contributed by atoms with van der Waals surface area (Å²) >= 11 is 0. The third-order valence-corrected chi connectivity index (χ3v) is 5.55. The highest BCUT2D eigenvalue weighted by molar-refractivity contribution is 7.91. The summed E-state index contributed by atoms with van der Waals surface area (Å²) in [5, 5.41) is 0. The summed E-state index contributed by atoms with van der Waals surface area (Å²) in [6, 6.07) is 15.7. The van der Waals surface area contributed by atoms with Crippen molar-refractivity contribution in [3.05, 3.63) is 72.3 Å². The van der Waals surface area contributed by atoms with E-state index < -0.39 is 9.84 Å². The van der Waals surface area contributed by atoms with Crippen molar-refractivity contribution in [2.45, 2.75) is 37.1 Å². The number of likely N-dealkylation sites (N-methyl/N-ethyl adjacent to an activating group) is 1. The van der Waals surface area contributed by atoms with Crippen LogP contribution in [-0.2, 0) is 16.4 Å². The highest BCUT2D eigenvalue weighted by Gasteiger charge is 2.17. The van der Waals surface area contributed by atoms with E-state index in [2.05, 4.69) is 37.5 Å². The summed E-state index contributed by atoms with van der Waals surface area (Å²) in [5.41, 5.74) is 0.963. The molecule has 0 amide bonds. The van der Waals surface area contributed by atoms with Crippen molar-refractivity contribution < 1.29 is 8.42 Å². The molecule has 0 heterocycles. The minimum atomic E-state index is -3.49. The zero-order valence-corrected chi connectivity index (χ0v) is 17.3. The van der Waals surface area contributed by atoms with Crippen LogP contribution in [0.3, 0.4) is 0 Å². The first-order valence-corrected chi connectivity index (χ1v) is 10.4. The van der Waals surface area contributed by atoms with Gasteiger partial charge >= 0.3 is 0 Å². The quantitative estimate of drug-likeness (QED) is 0.689. The Kier molecular flexibility index (Phi) is 7.01. The standard InChI is InChI=1S/C23H27NO2S/c1-23(2,3)16-9-6-10-17-24(4)19-20-12-11-15-22(18-20)27(25,26)21-13-7-5-8-14-21/h5-8,10-15,18H,17,19H2,1-4H3. The fourth-order valence-corrected chi connectivity index (χ4v) is 3.82. The number of allylic oxidation sites excluding steroid dienone is 1. The van der Waals surface area contributed by atoms with Crippen molar-refractivity contribution >= 4 is 9.84 Å². The lowest BCUT2D eigenvalue weighted by Crippen LogP contribution is -2.17. The number of benzene rings is 2. The molecule has 0 saturated heterocycles. The second kappa shape index (κ2) is 9.03. The Morgan fingerprint density at radius 3 is 2.33 bits per heavy atom. The van der Waals surface area contributed by atoms with Gasteiger partial charge in [0.25, 0.3) is 0 Å². The van der Waals surface area contributed by atoms with Gasteiger partial charge < -0.3 is 0 Å². The average molecular weight is 382 g/mol. The summed E-state index contributed by atoms with van der Waals surface area (Å²) < 4.78 is 25.5. The summed E-state index contributed by atoms with van der Waals surface area (Å²) in [7, 11) is -1.49. The maximum Gasteiger partial charge on any atom is 0.206 e. The Morgan fingerprint density at radius 2 is 1.67 bits per heavy atom. The zero-order chi connectivity index (χ0) is 19.9. The average Bonchev–Trinajstić information content (AvgIpc) is 2.61. The number of hydrogen-bond acceptors (Lipinski definition) is 3. The zero-order valence-electron chi connectivity index (χ0n) is 16.4. The molecule has 0 aliphatic rings. The van der Waals surface area contributed by atoms with Crippen LogP contribution < -0.4 is 0 Å². The second-order valence-electron chi connectivity index (χ2n) is 7.58. The predicted molar refractivity (Wildman–Crippen MR) is 111 cm³/mol. The highest BCUT2D eigenvalue weighted by Crippen LogP contribution is 2.21. The molecule has 0 spiro atoms. The van der Waals surface area contributed by atoms with E-state index in [4.69, 9.17) is 0 Å². The van der Waals surface area contributed by atoms with Crippen molar-refractivity contribution in [1.29, 1.82) is 0 Å². The summed E-state index contributed by atoms with van der Waals surface area (Å²) in [5.74, 6) is 6.22. The van der Waals surface area contributed by atoms with E-state index in [1.54, 1.807) is 42.5 Å². The molecule has 0 aliphatic heterocycles. The second-order valence-corrected chi connectivity index (χ2v) is 9.53. The molecule has 2 aromatic carbocycles. The Balaban J connectivity index is 2.05. The topological polar surface area (TPSA) is 37.4 Å². The monoisotopic (exact) mass is 381 g/mol. The molecule has 0 N–H and O–H groups in total. The van der Waals surface area contributed by atoms with Gasteiger partial charge in [0.05, 0.1) is 9.79 Å². The molecule has 0 saturated carbocycles. The van der Waals surface area contributed by atoms with Gasteiger partial charge in [-0.2, -0.15) is 0 Å². The van der Waals surface area contributed by atoms with Gasteiger partial charge in [0.1, 0.15) is 0 Å². The molecule has 0 aliphatic carbocycles. The molecule has 142 valence electrons. The summed E-state index contributed by atoms with van der Waals surface area (Å²) in [6.45, 7) is 7.65. The van der Waals surface area contributed by atoms with Gasteiger partial charge in [0.15, 0.2) is 0 Å². The Bertz CT molecular complexity index is 943. The third-order valence-electron chi connectivity index (χ3n) is 3.78. The van der Waals surface area contributed by atoms with E-state index in [9.17, 15) is 8.42 Å². The number of rotatable bonds is 6. The molecule has 0 radical (unpaired) electrons. The first-order valence-electron chi connectivity index (χ1n) is 8.94. The van der Waals surface area contributed by atoms with Crippen molar-refractivity contribution in [2.75, 3.05) is 13.6 Å². The SMILES string of the molecule is CN(CC=CC#CC(C)(C)C)Cc1cccc(S(=O)(=O)c2ccccc2)c1. The van der Waals surface area contributed by atoms with Crippen molar-refractivity contribution in [2.24, 2.45) is 5.41 Å². The molecule has 2 rings (SSSR count). The van der Waals surface area contributed by atoms with Gasteiger partial charge in [0, 0.05) is 18.5 Å². The Morgan fingerprint density at radius 1 is 1.00 bits per heavy atom. The minimum absolute atomic E-state index is 0.000919. The molecule has 0 bridgehead atoms. The summed E-state index contributed by atoms with van der Waals surface area (Å²) in [4.78, 5) is 2.76. The number of sulfone groups is 1. The van der Waals surface area contributed by atoms with E-state index in [1.165, 1.54) is 0 Å². The van der Waals surface area contributed by atoms with Crippen LogP contribution in [0.2, 0.25) is 0 Å². The van der Waals surface area contributed by atoms with Gasteiger partial charge in [0.2, 0.25) is 9.84 Å². The molecule has 2 aromatic rings. The molecule has 4 heteroatoms. The normalized spacial score (nSPS) is 12.2. The van der Waals surface area contributed by atoms with E-state index in [0.29, 0.717) is 16.3 Å². The van der Waals surface area contributed by atoms with Gasteiger partial charge in [-0.25, -0.2) is 8.42 Å². The first-order chi connectivity index (χ1) is 12.7. The molecular formula is C23H27NO2S. The lowest BCUT2D eigenvalue weighted by Gasteiger charge is -2.15. The van der Waals surface area contributed by atoms with Crippen LogP contribution in [0.5, 0.6) is 0 Å². The van der Waals surface area contributed by atoms with Gasteiger partial charge in [-0.05, 0) is 63.7 Å². The first kappa shape index (κ1) is 21.0. The molecule has 3 nitrogen and oxygen atoms in total. The predicted octanol–water partition coefficient (Wildman–Crippen LogP) is 4.56. The molecule has 0 atom stereocenters. The molecule has 0 aromatic heterocycles. The van der Waals surface area contributed by atoms with Crippen LogP contribution >= 0.6 is 0 Å². The van der Waals surface area contributed by atoms with Crippen LogP contribution in [-0.4, -0.2) is 26.9 Å². The van der Waals surface area contributed by atoms with E-state index in [-0.39, 0.29) is 5.41 Å². The highest BCUT2D eigenvalue weighted by atomic mass is 32.2. The maximum atomic E-state index is 12.8. The van der Waals surface area contributed by atoms with Crippen LogP contribution in [0, 0.1) is 17.3 Å². The third kappa shape index (κ3) is 6.71. The fourth-order valence-electron chi connectivity index (χ4n) is 2.47. The van der Waals surface area contributed by atoms with Crippen LogP contribution in [0.1, 0.15) is 26.3 Å². The van der Waals surface area contributed by atoms with Crippen LogP contribution in [0.15, 0.2) is 76.5 Å². The Hall–Kier alpha value is -2.35. The lowest BCUT2D eigenvalue weighted by atomic mass is 9.98. The lowest BCUT2D eigenvalue weighted by molar-refractivity contribution is 0.363. The van der Waals surface area contributed by atoms with Gasteiger partial charge in [-0.3, -0.25) is 4.90 Å². The van der Waals surface area contributed by atoms with Gasteiger partial charge in [-0.15, -0.1) is 0 Å². The molecule has 0 fully saturated rings. The minimum Gasteiger partial charge on any atom is -0.298 e. The summed E-state index contributed by atoms with van der Waals surface area (Å²) in [6.07, 6.45) is 3.89. The number of hydrogen-bond donors (Lipinski definition) is 0. The molecular weight excluding hydrogens is 354 g/mol. The largest absolute Gasteiger partial charge is 0.298 e. The van der Waals surface area contributed by atoms with Crippen molar-refractivity contribution in [3.8, 4) is 11.8 Å². The maximum absolute atomic E-state index is 12.8. The molecule has 27 heavy (non-hydrogen) atoms. The number of nitrogens with zero attached hydrogens (tertiary/aromatic N) is 1.